The fraction of sp³-hybridized carbons (Fsp3) is 0.417. The number of hydrogen-bond acceptors (Lipinski definition) is 3. The molecule has 0 heterocycles. The maximum absolute atomic E-state index is 11.5. The zero-order valence-corrected chi connectivity index (χ0v) is 9.65. The largest absolute Gasteiger partial charge is 0.398 e. The van der Waals surface area contributed by atoms with Gasteiger partial charge in [-0.3, -0.25) is 9.63 Å². The second-order valence-corrected chi connectivity index (χ2v) is 2.57. The molecule has 2 N–H and O–H groups in total. The Morgan fingerprint density at radius 3 is 2.25 bits per heavy atom. The molecular weight excluding hydrogens is 204 g/mol. The Kier molecular flexibility index (Phi) is 9.21. The highest BCUT2D eigenvalue weighted by Crippen LogP contribution is 2.12. The average Bonchev–Trinajstić information content (AvgIpc) is 2.30. The van der Waals surface area contributed by atoms with E-state index in [9.17, 15) is 4.79 Å². The first-order chi connectivity index (χ1) is 7.16. The Bertz CT molecular complexity index is 314. The van der Waals surface area contributed by atoms with Gasteiger partial charge in [0.05, 0.1) is 12.7 Å². The minimum absolute atomic E-state index is 0. The van der Waals surface area contributed by atoms with E-state index < -0.39 is 0 Å². The summed E-state index contributed by atoms with van der Waals surface area (Å²) in [5.41, 5.74) is 6.52. The Hall–Kier alpha value is -1.55. The number of hydrogen-bond donors (Lipinski definition) is 1. The first kappa shape index (κ1) is 16.9. The Morgan fingerprint density at radius 1 is 1.31 bits per heavy atom. The zero-order chi connectivity index (χ0) is 11.8. The molecule has 0 radical (unpaired) electrons. The van der Waals surface area contributed by atoms with Gasteiger partial charge in [-0.2, -0.15) is 0 Å². The lowest BCUT2D eigenvalue weighted by molar-refractivity contribution is -0.0756. The monoisotopic (exact) mass is 226 g/mol. The standard InChI is InChI=1S/C9H12N2O2.C2H6.CH4/c1-11(13-2)9(12)7-5-3-4-6-8(7)10;1-2;/h3-6H,10H2,1-2H3;1-2H3;1H4. The van der Waals surface area contributed by atoms with Gasteiger partial charge in [-0.1, -0.05) is 33.4 Å². The first-order valence-electron chi connectivity index (χ1n) is 4.83. The topological polar surface area (TPSA) is 55.6 Å². The molecule has 0 aromatic heterocycles. The number of hydroxylamine groups is 2. The number of rotatable bonds is 2. The molecule has 0 aliphatic heterocycles. The molecule has 1 aromatic carbocycles. The fourth-order valence-electron chi connectivity index (χ4n) is 0.944. The molecule has 16 heavy (non-hydrogen) atoms. The van der Waals surface area contributed by atoms with Crippen LogP contribution in [0.15, 0.2) is 24.3 Å². The summed E-state index contributed by atoms with van der Waals surface area (Å²) in [6.45, 7) is 4.00. The lowest BCUT2D eigenvalue weighted by Gasteiger charge is -2.14. The van der Waals surface area contributed by atoms with Crippen LogP contribution in [0.5, 0.6) is 0 Å². The second-order valence-electron chi connectivity index (χ2n) is 2.57. The van der Waals surface area contributed by atoms with Gasteiger partial charge in [0.15, 0.2) is 0 Å². The highest BCUT2D eigenvalue weighted by Gasteiger charge is 2.12. The van der Waals surface area contributed by atoms with E-state index in [-0.39, 0.29) is 13.3 Å². The van der Waals surface area contributed by atoms with E-state index in [1.54, 1.807) is 24.3 Å². The van der Waals surface area contributed by atoms with Crippen molar-refractivity contribution in [1.82, 2.24) is 5.06 Å². The van der Waals surface area contributed by atoms with Gasteiger partial charge >= 0.3 is 0 Å². The summed E-state index contributed by atoms with van der Waals surface area (Å²) in [6, 6.07) is 6.87. The highest BCUT2D eigenvalue weighted by atomic mass is 16.7. The molecule has 1 rings (SSSR count). The van der Waals surface area contributed by atoms with Crippen molar-refractivity contribution in [2.24, 2.45) is 0 Å². The number of para-hydroxylation sites is 1. The van der Waals surface area contributed by atoms with E-state index in [1.165, 1.54) is 14.2 Å². The summed E-state index contributed by atoms with van der Waals surface area (Å²) >= 11 is 0. The zero-order valence-electron chi connectivity index (χ0n) is 9.65. The van der Waals surface area contributed by atoms with Crippen molar-refractivity contribution < 1.29 is 9.63 Å². The lowest BCUT2D eigenvalue weighted by atomic mass is 10.2. The molecule has 0 saturated carbocycles. The number of nitrogen functional groups attached to an aromatic ring is 1. The van der Waals surface area contributed by atoms with Crippen molar-refractivity contribution in [3.05, 3.63) is 29.8 Å². The van der Waals surface area contributed by atoms with Crippen LogP contribution in [0.4, 0.5) is 5.69 Å². The predicted octanol–water partition coefficient (Wildman–Crippen LogP) is 2.56. The molecule has 0 bridgehead atoms. The minimum atomic E-state index is -0.249. The summed E-state index contributed by atoms with van der Waals surface area (Å²) in [6.07, 6.45) is 0. The normalized spacial score (nSPS) is 8.25. The van der Waals surface area contributed by atoms with E-state index in [0.717, 1.165) is 5.06 Å². The maximum atomic E-state index is 11.5. The molecule has 0 unspecified atom stereocenters. The molecule has 0 aliphatic rings. The van der Waals surface area contributed by atoms with Crippen LogP contribution in [0, 0.1) is 0 Å². The number of anilines is 1. The van der Waals surface area contributed by atoms with Crippen molar-refractivity contribution in [3.63, 3.8) is 0 Å². The molecule has 0 atom stereocenters. The molecule has 0 aliphatic carbocycles. The van der Waals surface area contributed by atoms with Gasteiger partial charge in [0.1, 0.15) is 0 Å². The van der Waals surface area contributed by atoms with Gasteiger partial charge in [-0.05, 0) is 12.1 Å². The summed E-state index contributed by atoms with van der Waals surface area (Å²) in [7, 11) is 2.96. The summed E-state index contributed by atoms with van der Waals surface area (Å²) in [5.74, 6) is -0.249. The van der Waals surface area contributed by atoms with E-state index >= 15 is 0 Å². The van der Waals surface area contributed by atoms with Crippen molar-refractivity contribution in [2.45, 2.75) is 21.3 Å². The van der Waals surface area contributed by atoms with Crippen molar-refractivity contribution in [3.8, 4) is 0 Å². The van der Waals surface area contributed by atoms with Gasteiger partial charge in [0.2, 0.25) is 0 Å². The van der Waals surface area contributed by atoms with Gasteiger partial charge < -0.3 is 5.73 Å². The van der Waals surface area contributed by atoms with E-state index in [1.807, 2.05) is 13.8 Å². The SMILES string of the molecule is C.CC.CON(C)C(=O)c1ccccc1N. The highest BCUT2D eigenvalue weighted by molar-refractivity contribution is 5.98. The molecule has 92 valence electrons. The third kappa shape index (κ3) is 4.31. The Balaban J connectivity index is 0. The minimum Gasteiger partial charge on any atom is -0.398 e. The van der Waals surface area contributed by atoms with Crippen molar-refractivity contribution in [2.75, 3.05) is 19.9 Å². The first-order valence-corrected chi connectivity index (χ1v) is 4.83. The van der Waals surface area contributed by atoms with Crippen LogP contribution in [0.1, 0.15) is 31.6 Å². The molecule has 0 fully saturated rings. The van der Waals surface area contributed by atoms with Gasteiger partial charge in [0, 0.05) is 12.7 Å². The molecule has 1 amide bonds. The van der Waals surface area contributed by atoms with E-state index in [0.29, 0.717) is 11.3 Å². The van der Waals surface area contributed by atoms with Crippen LogP contribution < -0.4 is 5.73 Å². The number of carbonyl (C=O) groups is 1. The quantitative estimate of drug-likeness (QED) is 0.623. The van der Waals surface area contributed by atoms with Crippen LogP contribution in [-0.4, -0.2) is 25.1 Å². The number of nitrogens with two attached hydrogens (primary N) is 1. The van der Waals surface area contributed by atoms with Crippen LogP contribution in [-0.2, 0) is 4.84 Å². The van der Waals surface area contributed by atoms with Gasteiger partial charge in [-0.15, -0.1) is 0 Å². The number of nitrogens with zero attached hydrogens (tertiary/aromatic N) is 1. The maximum Gasteiger partial charge on any atom is 0.279 e. The third-order valence-electron chi connectivity index (χ3n) is 1.75. The number of amides is 1. The van der Waals surface area contributed by atoms with Crippen LogP contribution in [0.2, 0.25) is 0 Å². The Morgan fingerprint density at radius 2 is 1.81 bits per heavy atom. The lowest BCUT2D eigenvalue weighted by Crippen LogP contribution is -2.26. The molecule has 0 spiro atoms. The molecule has 4 nitrogen and oxygen atoms in total. The number of carbonyl (C=O) groups excluding carboxylic acids is 1. The summed E-state index contributed by atoms with van der Waals surface area (Å²) < 4.78 is 0. The predicted molar refractivity (Wildman–Crippen MR) is 68.0 cm³/mol. The van der Waals surface area contributed by atoms with E-state index in [4.69, 9.17) is 10.6 Å². The van der Waals surface area contributed by atoms with Crippen molar-refractivity contribution in [1.29, 1.82) is 0 Å². The molecule has 1 aromatic rings. The van der Waals surface area contributed by atoms with Crippen LogP contribution in [0.3, 0.4) is 0 Å². The summed E-state index contributed by atoms with van der Waals surface area (Å²) in [5, 5.41) is 1.13. The third-order valence-corrected chi connectivity index (χ3v) is 1.75. The van der Waals surface area contributed by atoms with Crippen LogP contribution in [0.25, 0.3) is 0 Å². The number of benzene rings is 1. The molecule has 4 heteroatoms. The second kappa shape index (κ2) is 8.73. The summed E-state index contributed by atoms with van der Waals surface area (Å²) in [4.78, 5) is 16.3. The molecular formula is C12H22N2O2. The van der Waals surface area contributed by atoms with E-state index in [2.05, 4.69) is 0 Å². The van der Waals surface area contributed by atoms with Gasteiger partial charge in [0.25, 0.3) is 5.91 Å². The molecule has 0 saturated heterocycles. The Labute approximate surface area is 98.0 Å². The van der Waals surface area contributed by atoms with Crippen molar-refractivity contribution >= 4 is 11.6 Å². The average molecular weight is 226 g/mol. The van der Waals surface area contributed by atoms with Crippen LogP contribution >= 0.6 is 0 Å². The van der Waals surface area contributed by atoms with Gasteiger partial charge in [-0.25, -0.2) is 5.06 Å². The fourth-order valence-corrected chi connectivity index (χ4v) is 0.944. The smallest absolute Gasteiger partial charge is 0.279 e.